The molecule has 0 aromatic heterocycles. The SMILES string of the molecule is CCc1ccccc1CNC(=NC)NC1CCN(CCCOC)CC1.I. The Hall–Kier alpha value is -0.860. The van der Waals surface area contributed by atoms with E-state index in [1.807, 2.05) is 7.05 Å². The number of rotatable bonds is 8. The number of nitrogens with one attached hydrogen (secondary N) is 2. The van der Waals surface area contributed by atoms with Crippen LogP contribution in [0.25, 0.3) is 0 Å². The molecular weight excluding hydrogens is 439 g/mol. The van der Waals surface area contributed by atoms with Crippen LogP contribution in [0.15, 0.2) is 29.3 Å². The van der Waals surface area contributed by atoms with Gasteiger partial charge < -0.3 is 20.3 Å². The first-order valence-corrected chi connectivity index (χ1v) is 9.52. The van der Waals surface area contributed by atoms with E-state index in [4.69, 9.17) is 4.74 Å². The average molecular weight is 474 g/mol. The molecule has 0 radical (unpaired) electrons. The minimum Gasteiger partial charge on any atom is -0.385 e. The smallest absolute Gasteiger partial charge is 0.191 e. The minimum atomic E-state index is 0. The Balaban J connectivity index is 0.00000338. The van der Waals surface area contributed by atoms with Crippen LogP contribution >= 0.6 is 24.0 Å². The fourth-order valence-corrected chi connectivity index (χ4v) is 3.38. The van der Waals surface area contributed by atoms with Crippen molar-refractivity contribution in [2.75, 3.05) is 40.4 Å². The van der Waals surface area contributed by atoms with E-state index in [1.165, 1.54) is 24.0 Å². The van der Waals surface area contributed by atoms with Crippen molar-refractivity contribution in [3.8, 4) is 0 Å². The largest absolute Gasteiger partial charge is 0.385 e. The van der Waals surface area contributed by atoms with Crippen LogP contribution in [0.3, 0.4) is 0 Å². The molecule has 0 amide bonds. The van der Waals surface area contributed by atoms with Gasteiger partial charge in [0.1, 0.15) is 0 Å². The molecule has 2 N–H and O–H groups in total. The maximum Gasteiger partial charge on any atom is 0.191 e. The van der Waals surface area contributed by atoms with E-state index < -0.39 is 0 Å². The van der Waals surface area contributed by atoms with E-state index in [1.54, 1.807) is 7.11 Å². The van der Waals surface area contributed by atoms with E-state index in [0.29, 0.717) is 6.04 Å². The van der Waals surface area contributed by atoms with Crippen molar-refractivity contribution in [3.05, 3.63) is 35.4 Å². The highest BCUT2D eigenvalue weighted by molar-refractivity contribution is 14.0. The van der Waals surface area contributed by atoms with Crippen LogP contribution in [-0.2, 0) is 17.7 Å². The fourth-order valence-electron chi connectivity index (χ4n) is 3.38. The lowest BCUT2D eigenvalue weighted by Crippen LogP contribution is -2.48. The van der Waals surface area contributed by atoms with Gasteiger partial charge >= 0.3 is 0 Å². The molecule has 6 heteroatoms. The van der Waals surface area contributed by atoms with Crippen LogP contribution in [0.1, 0.15) is 37.3 Å². The monoisotopic (exact) mass is 474 g/mol. The summed E-state index contributed by atoms with van der Waals surface area (Å²) in [6.45, 7) is 7.31. The van der Waals surface area contributed by atoms with Crippen molar-refractivity contribution in [1.29, 1.82) is 0 Å². The lowest BCUT2D eigenvalue weighted by molar-refractivity contribution is 0.155. The van der Waals surface area contributed by atoms with Crippen LogP contribution in [-0.4, -0.2) is 57.3 Å². The third-order valence-corrected chi connectivity index (χ3v) is 4.92. The number of methoxy groups -OCH3 is 1. The fraction of sp³-hybridized carbons (Fsp3) is 0.650. The number of hydrogen-bond donors (Lipinski definition) is 2. The van der Waals surface area contributed by atoms with Crippen molar-refractivity contribution in [3.63, 3.8) is 0 Å². The zero-order valence-electron chi connectivity index (χ0n) is 16.5. The van der Waals surface area contributed by atoms with Gasteiger partial charge in [-0.3, -0.25) is 4.99 Å². The highest BCUT2D eigenvalue weighted by Crippen LogP contribution is 2.11. The Morgan fingerprint density at radius 1 is 1.23 bits per heavy atom. The van der Waals surface area contributed by atoms with Crippen LogP contribution in [0.4, 0.5) is 0 Å². The lowest BCUT2D eigenvalue weighted by atomic mass is 10.0. The second-order valence-corrected chi connectivity index (χ2v) is 6.65. The standard InChI is InChI=1S/C20H34N4O.HI/c1-4-17-8-5-6-9-18(17)16-22-20(21-2)23-19-10-13-24(14-11-19)12-7-15-25-3;/h5-6,8-9,19H,4,7,10-16H2,1-3H3,(H2,21,22,23);1H. The molecule has 26 heavy (non-hydrogen) atoms. The number of aliphatic imine (C=N–C) groups is 1. The van der Waals surface area contributed by atoms with Gasteiger partial charge in [0, 0.05) is 53.0 Å². The normalized spacial score (nSPS) is 16.2. The number of benzene rings is 1. The maximum atomic E-state index is 5.14. The van der Waals surface area contributed by atoms with Crippen LogP contribution < -0.4 is 10.6 Å². The van der Waals surface area contributed by atoms with Gasteiger partial charge in [-0.2, -0.15) is 0 Å². The van der Waals surface area contributed by atoms with Crippen molar-refractivity contribution in [2.24, 2.45) is 4.99 Å². The summed E-state index contributed by atoms with van der Waals surface area (Å²) >= 11 is 0. The number of aryl methyl sites for hydroxylation is 1. The lowest BCUT2D eigenvalue weighted by Gasteiger charge is -2.33. The summed E-state index contributed by atoms with van der Waals surface area (Å²) in [6, 6.07) is 9.11. The Bertz CT molecular complexity index is 530. The average Bonchev–Trinajstić information content (AvgIpc) is 2.66. The van der Waals surface area contributed by atoms with Crippen LogP contribution in [0, 0.1) is 0 Å². The van der Waals surface area contributed by atoms with E-state index in [9.17, 15) is 0 Å². The highest BCUT2D eigenvalue weighted by Gasteiger charge is 2.19. The first-order chi connectivity index (χ1) is 12.3. The van der Waals surface area contributed by atoms with Gasteiger partial charge in [0.05, 0.1) is 0 Å². The molecule has 0 aliphatic carbocycles. The molecule has 0 bridgehead atoms. The van der Waals surface area contributed by atoms with Crippen LogP contribution in [0.5, 0.6) is 0 Å². The molecule has 0 atom stereocenters. The van der Waals surface area contributed by atoms with Gasteiger partial charge in [0.25, 0.3) is 0 Å². The van der Waals surface area contributed by atoms with E-state index in [2.05, 4.69) is 51.7 Å². The Morgan fingerprint density at radius 3 is 2.54 bits per heavy atom. The molecule has 0 unspecified atom stereocenters. The molecule has 1 aliphatic heterocycles. The maximum absolute atomic E-state index is 5.14. The van der Waals surface area contributed by atoms with Gasteiger partial charge in [0.2, 0.25) is 0 Å². The Labute approximate surface area is 176 Å². The zero-order valence-corrected chi connectivity index (χ0v) is 18.8. The second-order valence-electron chi connectivity index (χ2n) is 6.65. The molecular formula is C20H35IN4O. The molecule has 1 aromatic carbocycles. The molecule has 1 aliphatic rings. The predicted molar refractivity (Wildman–Crippen MR) is 121 cm³/mol. The first kappa shape index (κ1) is 23.2. The molecule has 148 valence electrons. The van der Waals surface area contributed by atoms with E-state index >= 15 is 0 Å². The number of ether oxygens (including phenoxy) is 1. The summed E-state index contributed by atoms with van der Waals surface area (Å²) in [6.07, 6.45) is 4.51. The van der Waals surface area contributed by atoms with Gasteiger partial charge in [-0.25, -0.2) is 0 Å². The number of likely N-dealkylation sites (tertiary alicyclic amines) is 1. The summed E-state index contributed by atoms with van der Waals surface area (Å²) in [5.41, 5.74) is 2.75. The van der Waals surface area contributed by atoms with Crippen molar-refractivity contribution < 1.29 is 4.74 Å². The minimum absolute atomic E-state index is 0. The van der Waals surface area contributed by atoms with E-state index in [0.717, 1.165) is 51.6 Å². The van der Waals surface area contributed by atoms with Crippen molar-refractivity contribution >= 4 is 29.9 Å². The summed E-state index contributed by atoms with van der Waals surface area (Å²) in [4.78, 5) is 6.93. The number of halogens is 1. The molecule has 1 fully saturated rings. The molecule has 0 saturated carbocycles. The van der Waals surface area contributed by atoms with Crippen LogP contribution in [0.2, 0.25) is 0 Å². The van der Waals surface area contributed by atoms with Crippen molar-refractivity contribution in [2.45, 2.75) is 45.2 Å². The third-order valence-electron chi connectivity index (χ3n) is 4.92. The third kappa shape index (κ3) is 7.80. The molecule has 2 rings (SSSR count). The quantitative estimate of drug-likeness (QED) is 0.263. The number of piperidine rings is 1. The predicted octanol–water partition coefficient (Wildman–Crippen LogP) is 3.03. The highest BCUT2D eigenvalue weighted by atomic mass is 127. The Morgan fingerprint density at radius 2 is 1.92 bits per heavy atom. The van der Waals surface area contributed by atoms with Gasteiger partial charge in [-0.15, -0.1) is 24.0 Å². The second kappa shape index (κ2) is 13.3. The summed E-state index contributed by atoms with van der Waals surface area (Å²) in [7, 11) is 3.62. The number of hydrogen-bond acceptors (Lipinski definition) is 3. The molecule has 1 aromatic rings. The zero-order chi connectivity index (χ0) is 17.9. The summed E-state index contributed by atoms with van der Waals surface area (Å²) < 4.78 is 5.14. The molecule has 1 saturated heterocycles. The number of guanidine groups is 1. The molecule has 5 nitrogen and oxygen atoms in total. The first-order valence-electron chi connectivity index (χ1n) is 9.52. The summed E-state index contributed by atoms with van der Waals surface area (Å²) in [5.74, 6) is 0.906. The molecule has 0 spiro atoms. The number of nitrogens with zero attached hydrogens (tertiary/aromatic N) is 2. The van der Waals surface area contributed by atoms with Crippen molar-refractivity contribution in [1.82, 2.24) is 15.5 Å². The topological polar surface area (TPSA) is 48.9 Å². The van der Waals surface area contributed by atoms with Gasteiger partial charge in [-0.05, 0) is 36.8 Å². The Kier molecular flexibility index (Phi) is 11.9. The molecule has 1 heterocycles. The van der Waals surface area contributed by atoms with Gasteiger partial charge in [-0.1, -0.05) is 31.2 Å². The van der Waals surface area contributed by atoms with E-state index in [-0.39, 0.29) is 24.0 Å². The van der Waals surface area contributed by atoms with Gasteiger partial charge in [0.15, 0.2) is 5.96 Å². The summed E-state index contributed by atoms with van der Waals surface area (Å²) in [5, 5.41) is 7.06.